The molecule has 19 heavy (non-hydrogen) atoms. The second kappa shape index (κ2) is 6.92. The Morgan fingerprint density at radius 3 is 2.74 bits per heavy atom. The summed E-state index contributed by atoms with van der Waals surface area (Å²) >= 11 is 0. The summed E-state index contributed by atoms with van der Waals surface area (Å²) < 4.78 is 0. The standard InChI is InChI=1S/C16H26N2O/c1-3-17-13(2)15-4-6-16(7-5-15)18-10-8-14(12-18)9-11-19/h4-7,13-14,17,19H,3,8-12H2,1-2H3. The van der Waals surface area contributed by atoms with Gasteiger partial charge in [-0.15, -0.1) is 0 Å². The first-order valence-corrected chi connectivity index (χ1v) is 7.43. The van der Waals surface area contributed by atoms with Crippen LogP contribution in [0.25, 0.3) is 0 Å². The monoisotopic (exact) mass is 262 g/mol. The Bertz CT molecular complexity index is 377. The molecule has 0 aliphatic carbocycles. The number of nitrogens with one attached hydrogen (secondary N) is 1. The van der Waals surface area contributed by atoms with Gasteiger partial charge in [-0.3, -0.25) is 0 Å². The van der Waals surface area contributed by atoms with Gasteiger partial charge >= 0.3 is 0 Å². The molecule has 3 heteroatoms. The van der Waals surface area contributed by atoms with Crippen molar-refractivity contribution >= 4 is 5.69 Å². The molecule has 0 radical (unpaired) electrons. The fourth-order valence-corrected chi connectivity index (χ4v) is 2.88. The zero-order valence-electron chi connectivity index (χ0n) is 12.1. The highest BCUT2D eigenvalue weighted by molar-refractivity contribution is 5.48. The van der Waals surface area contributed by atoms with Gasteiger partial charge in [-0.2, -0.15) is 0 Å². The number of anilines is 1. The van der Waals surface area contributed by atoms with Crippen molar-refractivity contribution in [2.45, 2.75) is 32.7 Å². The van der Waals surface area contributed by atoms with E-state index in [1.54, 1.807) is 0 Å². The average molecular weight is 262 g/mol. The maximum absolute atomic E-state index is 9.01. The molecule has 2 atom stereocenters. The van der Waals surface area contributed by atoms with E-state index in [1.165, 1.54) is 17.7 Å². The minimum absolute atomic E-state index is 0.317. The molecule has 1 aromatic rings. The van der Waals surface area contributed by atoms with Crippen LogP contribution in [0.1, 0.15) is 38.3 Å². The number of aliphatic hydroxyl groups excluding tert-OH is 1. The van der Waals surface area contributed by atoms with Crippen LogP contribution in [-0.4, -0.2) is 31.3 Å². The minimum atomic E-state index is 0.317. The summed E-state index contributed by atoms with van der Waals surface area (Å²) in [5, 5.41) is 12.4. The number of hydrogen-bond donors (Lipinski definition) is 2. The fraction of sp³-hybridized carbons (Fsp3) is 0.625. The van der Waals surface area contributed by atoms with E-state index in [1.807, 2.05) is 0 Å². The predicted molar refractivity (Wildman–Crippen MR) is 80.6 cm³/mol. The highest BCUT2D eigenvalue weighted by Crippen LogP contribution is 2.26. The first kappa shape index (κ1) is 14.4. The Morgan fingerprint density at radius 2 is 2.11 bits per heavy atom. The molecule has 0 amide bonds. The lowest BCUT2D eigenvalue weighted by atomic mass is 10.1. The average Bonchev–Trinajstić information content (AvgIpc) is 2.88. The van der Waals surface area contributed by atoms with E-state index in [2.05, 4.69) is 48.3 Å². The molecule has 1 fully saturated rings. The van der Waals surface area contributed by atoms with E-state index in [-0.39, 0.29) is 0 Å². The van der Waals surface area contributed by atoms with Gasteiger partial charge in [0.1, 0.15) is 0 Å². The maximum Gasteiger partial charge on any atom is 0.0434 e. The maximum atomic E-state index is 9.01. The van der Waals surface area contributed by atoms with E-state index < -0.39 is 0 Å². The molecule has 1 saturated heterocycles. The van der Waals surface area contributed by atoms with Crippen molar-refractivity contribution in [1.29, 1.82) is 0 Å². The van der Waals surface area contributed by atoms with E-state index >= 15 is 0 Å². The van der Waals surface area contributed by atoms with Crippen LogP contribution in [0.2, 0.25) is 0 Å². The Morgan fingerprint density at radius 1 is 1.37 bits per heavy atom. The molecule has 2 unspecified atom stereocenters. The first-order valence-electron chi connectivity index (χ1n) is 7.43. The van der Waals surface area contributed by atoms with Crippen LogP contribution in [0, 0.1) is 5.92 Å². The molecule has 0 saturated carbocycles. The molecule has 1 aliphatic heterocycles. The molecule has 0 spiro atoms. The van der Waals surface area contributed by atoms with E-state index in [0.717, 1.165) is 26.1 Å². The smallest absolute Gasteiger partial charge is 0.0434 e. The molecule has 0 bridgehead atoms. The van der Waals surface area contributed by atoms with Gasteiger partial charge in [-0.25, -0.2) is 0 Å². The van der Waals surface area contributed by atoms with Crippen molar-refractivity contribution in [2.24, 2.45) is 5.92 Å². The third kappa shape index (κ3) is 3.71. The van der Waals surface area contributed by atoms with Crippen LogP contribution < -0.4 is 10.2 Å². The Labute approximate surface area is 116 Å². The largest absolute Gasteiger partial charge is 0.396 e. The van der Waals surface area contributed by atoms with E-state index in [9.17, 15) is 0 Å². The third-order valence-corrected chi connectivity index (χ3v) is 4.09. The summed E-state index contributed by atoms with van der Waals surface area (Å²) in [6.07, 6.45) is 2.14. The lowest BCUT2D eigenvalue weighted by molar-refractivity contribution is 0.263. The van der Waals surface area contributed by atoms with Gasteiger partial charge in [0.15, 0.2) is 0 Å². The second-order valence-corrected chi connectivity index (χ2v) is 5.48. The Hall–Kier alpha value is -1.06. The Balaban J connectivity index is 1.95. The van der Waals surface area contributed by atoms with Crippen molar-refractivity contribution in [3.8, 4) is 0 Å². The predicted octanol–water partition coefficient (Wildman–Crippen LogP) is 2.57. The normalized spacial score (nSPS) is 20.8. The summed E-state index contributed by atoms with van der Waals surface area (Å²) in [4.78, 5) is 2.43. The molecule has 2 N–H and O–H groups in total. The summed E-state index contributed by atoms with van der Waals surface area (Å²) in [6, 6.07) is 9.32. The van der Waals surface area contributed by atoms with Crippen molar-refractivity contribution < 1.29 is 5.11 Å². The van der Waals surface area contributed by atoms with E-state index in [0.29, 0.717) is 18.6 Å². The Kier molecular flexibility index (Phi) is 5.23. The van der Waals surface area contributed by atoms with Gasteiger partial charge in [0.25, 0.3) is 0 Å². The number of rotatable bonds is 6. The molecule has 3 nitrogen and oxygen atoms in total. The van der Waals surface area contributed by atoms with Crippen molar-refractivity contribution in [2.75, 3.05) is 31.1 Å². The minimum Gasteiger partial charge on any atom is -0.396 e. The summed E-state index contributed by atoms with van der Waals surface area (Å²) in [6.45, 7) is 7.85. The van der Waals surface area contributed by atoms with Crippen LogP contribution in [0.3, 0.4) is 0 Å². The number of aliphatic hydroxyl groups is 1. The molecule has 1 aliphatic rings. The van der Waals surface area contributed by atoms with Gasteiger partial charge in [0, 0.05) is 31.4 Å². The zero-order chi connectivity index (χ0) is 13.7. The summed E-state index contributed by atoms with van der Waals surface area (Å²) in [5.41, 5.74) is 2.66. The topological polar surface area (TPSA) is 35.5 Å². The van der Waals surface area contributed by atoms with Crippen molar-refractivity contribution in [3.63, 3.8) is 0 Å². The zero-order valence-corrected chi connectivity index (χ0v) is 12.1. The van der Waals surface area contributed by atoms with E-state index in [4.69, 9.17) is 5.11 Å². The van der Waals surface area contributed by atoms with Crippen LogP contribution in [0.4, 0.5) is 5.69 Å². The first-order chi connectivity index (χ1) is 9.24. The summed E-state index contributed by atoms with van der Waals surface area (Å²) in [5.74, 6) is 0.658. The third-order valence-electron chi connectivity index (χ3n) is 4.09. The van der Waals surface area contributed by atoms with Crippen LogP contribution in [-0.2, 0) is 0 Å². The number of nitrogens with zero attached hydrogens (tertiary/aromatic N) is 1. The van der Waals surface area contributed by atoms with Crippen molar-refractivity contribution in [3.05, 3.63) is 29.8 Å². The van der Waals surface area contributed by atoms with Gasteiger partial charge < -0.3 is 15.3 Å². The molecule has 1 aromatic carbocycles. The molecule has 106 valence electrons. The second-order valence-electron chi connectivity index (χ2n) is 5.48. The number of hydrogen-bond acceptors (Lipinski definition) is 3. The van der Waals surface area contributed by atoms with Crippen LogP contribution >= 0.6 is 0 Å². The molecular weight excluding hydrogens is 236 g/mol. The fourth-order valence-electron chi connectivity index (χ4n) is 2.88. The van der Waals surface area contributed by atoms with Crippen molar-refractivity contribution in [1.82, 2.24) is 5.32 Å². The molecule has 1 heterocycles. The van der Waals surface area contributed by atoms with Gasteiger partial charge in [0.05, 0.1) is 0 Å². The van der Waals surface area contributed by atoms with Gasteiger partial charge in [-0.1, -0.05) is 19.1 Å². The quantitative estimate of drug-likeness (QED) is 0.827. The highest BCUT2D eigenvalue weighted by Gasteiger charge is 2.22. The summed E-state index contributed by atoms with van der Waals surface area (Å²) in [7, 11) is 0. The SMILES string of the molecule is CCNC(C)c1ccc(N2CCC(CCO)C2)cc1. The van der Waals surface area contributed by atoms with Crippen LogP contribution in [0.15, 0.2) is 24.3 Å². The molecular formula is C16H26N2O. The molecule has 2 rings (SSSR count). The van der Waals surface area contributed by atoms with Gasteiger partial charge in [0.2, 0.25) is 0 Å². The van der Waals surface area contributed by atoms with Crippen LogP contribution in [0.5, 0.6) is 0 Å². The van der Waals surface area contributed by atoms with Gasteiger partial charge in [-0.05, 0) is 49.9 Å². The lowest BCUT2D eigenvalue weighted by Gasteiger charge is -2.20. The highest BCUT2D eigenvalue weighted by atomic mass is 16.3. The lowest BCUT2D eigenvalue weighted by Crippen LogP contribution is -2.20. The molecule has 0 aromatic heterocycles. The number of benzene rings is 1.